The fraction of sp³-hybridized carbons (Fsp3) is 0.588. The number of nitrogens with zero attached hydrogens (tertiary/aromatic N) is 1. The van der Waals surface area contributed by atoms with Gasteiger partial charge in [-0.15, -0.1) is 0 Å². The van der Waals surface area contributed by atoms with Gasteiger partial charge in [0.25, 0.3) is 0 Å². The number of methoxy groups -OCH3 is 1. The van der Waals surface area contributed by atoms with Crippen molar-refractivity contribution < 1.29 is 24.5 Å². The van der Waals surface area contributed by atoms with Crippen molar-refractivity contribution in [2.75, 3.05) is 33.4 Å². The number of ether oxygens (including phenoxy) is 2. The Morgan fingerprint density at radius 2 is 2.29 bits per heavy atom. The summed E-state index contributed by atoms with van der Waals surface area (Å²) < 4.78 is 10.8. The molecule has 1 unspecified atom stereocenters. The molecular formula is C17H24ClNO5. The molecule has 6 nitrogen and oxygen atoms in total. The monoisotopic (exact) mass is 357 g/mol. The second-order valence-corrected chi connectivity index (χ2v) is 6.41. The Balaban J connectivity index is 2.22. The maximum absolute atomic E-state index is 11.4. The van der Waals surface area contributed by atoms with Crippen LogP contribution in [0.25, 0.3) is 0 Å². The second kappa shape index (κ2) is 8.67. The summed E-state index contributed by atoms with van der Waals surface area (Å²) in [6.07, 6.45) is 0.326. The number of carbonyl (C=O) groups is 1. The fourth-order valence-corrected chi connectivity index (χ4v) is 3.19. The molecule has 7 heteroatoms. The van der Waals surface area contributed by atoms with Crippen LogP contribution in [0.1, 0.15) is 24.8 Å². The summed E-state index contributed by atoms with van der Waals surface area (Å²) in [4.78, 5) is 12.5. The summed E-state index contributed by atoms with van der Waals surface area (Å²) in [5.74, 6) is 0. The van der Waals surface area contributed by atoms with Gasteiger partial charge in [0.05, 0.1) is 13.2 Å². The molecule has 1 aromatic carbocycles. The van der Waals surface area contributed by atoms with Gasteiger partial charge in [0.2, 0.25) is 0 Å². The van der Waals surface area contributed by atoms with E-state index in [9.17, 15) is 15.0 Å². The van der Waals surface area contributed by atoms with Gasteiger partial charge in [-0.1, -0.05) is 23.7 Å². The molecule has 24 heavy (non-hydrogen) atoms. The van der Waals surface area contributed by atoms with Gasteiger partial charge in [-0.3, -0.25) is 0 Å². The summed E-state index contributed by atoms with van der Waals surface area (Å²) in [5.41, 5.74) is -0.656. The van der Waals surface area contributed by atoms with E-state index in [1.165, 1.54) is 4.90 Å². The molecule has 0 aliphatic carbocycles. The molecule has 1 heterocycles. The summed E-state index contributed by atoms with van der Waals surface area (Å²) in [6.45, 7) is 1.31. The Hall–Kier alpha value is -1.34. The summed E-state index contributed by atoms with van der Waals surface area (Å²) in [7, 11) is 1.64. The zero-order valence-electron chi connectivity index (χ0n) is 13.8. The molecule has 1 amide bonds. The highest BCUT2D eigenvalue weighted by atomic mass is 35.5. The number of unbranched alkanes of at least 4 members (excludes halogenated alkanes) is 1. The molecule has 2 rings (SSSR count). The number of rotatable bonds is 7. The minimum absolute atomic E-state index is 0.128. The van der Waals surface area contributed by atoms with E-state index < -0.39 is 17.8 Å². The third kappa shape index (κ3) is 4.60. The van der Waals surface area contributed by atoms with Crippen LogP contribution >= 0.6 is 11.6 Å². The summed E-state index contributed by atoms with van der Waals surface area (Å²) in [5, 5.41) is 21.1. The van der Waals surface area contributed by atoms with E-state index >= 15 is 0 Å². The number of carboxylic acid groups (broad SMARTS) is 1. The second-order valence-electron chi connectivity index (χ2n) is 5.97. The maximum atomic E-state index is 11.4. The maximum Gasteiger partial charge on any atom is 0.407 e. The first-order valence-electron chi connectivity index (χ1n) is 8.04. The average Bonchev–Trinajstić information content (AvgIpc) is 2.58. The van der Waals surface area contributed by atoms with Gasteiger partial charge < -0.3 is 24.6 Å². The molecule has 0 aromatic heterocycles. The van der Waals surface area contributed by atoms with Crippen LogP contribution in [0, 0.1) is 0 Å². The van der Waals surface area contributed by atoms with Crippen molar-refractivity contribution in [2.24, 2.45) is 0 Å². The number of aliphatic hydroxyl groups is 1. The number of morpholine rings is 1. The van der Waals surface area contributed by atoms with Gasteiger partial charge in [0, 0.05) is 25.3 Å². The normalized spacial score (nSPS) is 20.6. The van der Waals surface area contributed by atoms with Gasteiger partial charge in [-0.05, 0) is 37.0 Å². The highest BCUT2D eigenvalue weighted by Gasteiger charge is 2.42. The van der Waals surface area contributed by atoms with Crippen molar-refractivity contribution in [1.82, 2.24) is 4.90 Å². The van der Waals surface area contributed by atoms with Crippen LogP contribution in [0.15, 0.2) is 24.3 Å². The van der Waals surface area contributed by atoms with Crippen molar-refractivity contribution >= 4 is 17.7 Å². The standard InChI is InChI=1S/C17H24ClNO5/c1-23-9-3-2-7-17(22,13-5-4-6-14(18)11-13)15-12-19(16(20)21)8-10-24-15/h4-6,11,15,22H,2-3,7-10,12H2,1H3,(H,20,21)/t15?,17-/m0/s1. The van der Waals surface area contributed by atoms with Crippen molar-refractivity contribution in [3.63, 3.8) is 0 Å². The lowest BCUT2D eigenvalue weighted by Crippen LogP contribution is -2.54. The smallest absolute Gasteiger partial charge is 0.407 e. The van der Waals surface area contributed by atoms with E-state index in [2.05, 4.69) is 0 Å². The van der Waals surface area contributed by atoms with Crippen molar-refractivity contribution in [2.45, 2.75) is 31.0 Å². The lowest BCUT2D eigenvalue weighted by molar-refractivity contribution is -0.148. The molecule has 2 N–H and O–H groups in total. The molecule has 0 saturated carbocycles. The van der Waals surface area contributed by atoms with E-state index in [1.807, 2.05) is 0 Å². The van der Waals surface area contributed by atoms with E-state index in [1.54, 1.807) is 31.4 Å². The van der Waals surface area contributed by atoms with Crippen LogP contribution in [0.4, 0.5) is 4.79 Å². The van der Waals surface area contributed by atoms with Crippen molar-refractivity contribution in [1.29, 1.82) is 0 Å². The number of amides is 1. The van der Waals surface area contributed by atoms with Crippen LogP contribution < -0.4 is 0 Å². The van der Waals surface area contributed by atoms with Crippen molar-refractivity contribution in [3.8, 4) is 0 Å². The first kappa shape index (κ1) is 19.0. The van der Waals surface area contributed by atoms with E-state index in [-0.39, 0.29) is 13.2 Å². The molecule has 1 aromatic rings. The highest BCUT2D eigenvalue weighted by molar-refractivity contribution is 6.30. The molecule has 0 radical (unpaired) electrons. The van der Waals surface area contributed by atoms with E-state index in [0.717, 1.165) is 12.8 Å². The Bertz CT molecular complexity index is 556. The van der Waals surface area contributed by atoms with Crippen LogP contribution in [0.5, 0.6) is 0 Å². The molecule has 1 saturated heterocycles. The Morgan fingerprint density at radius 3 is 2.96 bits per heavy atom. The quantitative estimate of drug-likeness (QED) is 0.733. The SMILES string of the molecule is COCCCC[C@](O)(c1cccc(Cl)c1)C1CN(C(=O)O)CCO1. The average molecular weight is 358 g/mol. The van der Waals surface area contributed by atoms with Crippen LogP contribution in [-0.2, 0) is 15.1 Å². The molecule has 1 aliphatic rings. The summed E-state index contributed by atoms with van der Waals surface area (Å²) >= 11 is 6.08. The van der Waals surface area contributed by atoms with Gasteiger partial charge in [0.15, 0.2) is 0 Å². The third-order valence-electron chi connectivity index (χ3n) is 4.35. The van der Waals surface area contributed by atoms with Crippen LogP contribution in [0.2, 0.25) is 5.02 Å². The molecule has 1 fully saturated rings. The Labute approximate surface area is 146 Å². The van der Waals surface area contributed by atoms with Crippen LogP contribution in [0.3, 0.4) is 0 Å². The first-order valence-corrected chi connectivity index (χ1v) is 8.42. The van der Waals surface area contributed by atoms with Gasteiger partial charge in [-0.2, -0.15) is 0 Å². The van der Waals surface area contributed by atoms with Gasteiger partial charge >= 0.3 is 6.09 Å². The highest BCUT2D eigenvalue weighted by Crippen LogP contribution is 2.35. The summed E-state index contributed by atoms with van der Waals surface area (Å²) in [6, 6.07) is 7.02. The third-order valence-corrected chi connectivity index (χ3v) is 4.59. The predicted molar refractivity (Wildman–Crippen MR) is 90.4 cm³/mol. The zero-order chi connectivity index (χ0) is 17.6. The number of benzene rings is 1. The molecule has 0 spiro atoms. The Kier molecular flexibility index (Phi) is 6.86. The van der Waals surface area contributed by atoms with Crippen molar-refractivity contribution in [3.05, 3.63) is 34.9 Å². The fourth-order valence-electron chi connectivity index (χ4n) is 3.00. The first-order chi connectivity index (χ1) is 11.5. The molecule has 0 bridgehead atoms. The van der Waals surface area contributed by atoms with Gasteiger partial charge in [0.1, 0.15) is 11.7 Å². The minimum atomic E-state index is -1.30. The predicted octanol–water partition coefficient (Wildman–Crippen LogP) is 2.72. The molecule has 134 valence electrons. The van der Waals surface area contributed by atoms with Crippen LogP contribution in [-0.4, -0.2) is 60.7 Å². The number of hydrogen-bond donors (Lipinski definition) is 2. The minimum Gasteiger partial charge on any atom is -0.465 e. The number of hydrogen-bond acceptors (Lipinski definition) is 4. The van der Waals surface area contributed by atoms with E-state index in [0.29, 0.717) is 30.2 Å². The molecular weight excluding hydrogens is 334 g/mol. The number of halogens is 1. The Morgan fingerprint density at radius 1 is 1.50 bits per heavy atom. The lowest BCUT2D eigenvalue weighted by atomic mass is 9.82. The molecule has 1 aliphatic heterocycles. The topological polar surface area (TPSA) is 79.2 Å². The lowest BCUT2D eigenvalue weighted by Gasteiger charge is -2.41. The van der Waals surface area contributed by atoms with Gasteiger partial charge in [-0.25, -0.2) is 4.79 Å². The largest absolute Gasteiger partial charge is 0.465 e. The zero-order valence-corrected chi connectivity index (χ0v) is 14.5. The van der Waals surface area contributed by atoms with E-state index in [4.69, 9.17) is 21.1 Å². The molecule has 2 atom stereocenters.